The average Bonchev–Trinajstić information content (AvgIpc) is 2.61. The number of rotatable bonds is 0. The fraction of sp³-hybridized carbons (Fsp3) is 0. The summed E-state index contributed by atoms with van der Waals surface area (Å²) in [7, 11) is 0. The van der Waals surface area contributed by atoms with Gasteiger partial charge in [0.15, 0.2) is 0 Å². The van der Waals surface area contributed by atoms with Gasteiger partial charge in [0.1, 0.15) is 0 Å². The predicted octanol–water partition coefficient (Wildman–Crippen LogP) is 3.49. The Morgan fingerprint density at radius 3 is 2.73 bits per heavy atom. The van der Waals surface area contributed by atoms with Gasteiger partial charge in [-0.1, -0.05) is 12.0 Å². The van der Waals surface area contributed by atoms with E-state index in [0.29, 0.717) is 0 Å². The van der Waals surface area contributed by atoms with Gasteiger partial charge in [-0.25, -0.2) is 0 Å². The average molecular weight is 278 g/mol. The van der Waals surface area contributed by atoms with Crippen molar-refractivity contribution in [3.8, 4) is 11.8 Å². The van der Waals surface area contributed by atoms with Gasteiger partial charge in [0.25, 0.3) is 0 Å². The Hall–Kier alpha value is -1.24. The number of hydrogen-bond donors (Lipinski definition) is 1. The van der Waals surface area contributed by atoms with Crippen molar-refractivity contribution in [3.05, 3.63) is 50.6 Å². The predicted molar refractivity (Wildman–Crippen MR) is 68.9 cm³/mol. The monoisotopic (exact) mass is 277 g/mol. The molecule has 15 heavy (non-hydrogen) atoms. The summed E-state index contributed by atoms with van der Waals surface area (Å²) in [5.41, 5.74) is 7.35. The number of nitrogens with two attached hydrogens (primary N) is 1. The minimum absolute atomic E-state index is 0.743. The molecule has 2 rings (SSSR count). The van der Waals surface area contributed by atoms with Crippen molar-refractivity contribution >= 4 is 33.0 Å². The minimum atomic E-state index is 0.743. The van der Waals surface area contributed by atoms with Gasteiger partial charge in [0, 0.05) is 15.7 Å². The van der Waals surface area contributed by atoms with Crippen LogP contribution in [0.15, 0.2) is 40.2 Å². The second-order valence-electron chi connectivity index (χ2n) is 2.97. The molecule has 0 saturated heterocycles. The van der Waals surface area contributed by atoms with Crippen LogP contribution in [0.5, 0.6) is 0 Å². The van der Waals surface area contributed by atoms with E-state index in [-0.39, 0.29) is 0 Å². The van der Waals surface area contributed by atoms with Crippen LogP contribution in [0.4, 0.5) is 5.69 Å². The van der Waals surface area contributed by atoms with Crippen molar-refractivity contribution in [2.75, 3.05) is 5.73 Å². The Labute approximate surface area is 101 Å². The highest BCUT2D eigenvalue weighted by Gasteiger charge is 1.95. The van der Waals surface area contributed by atoms with E-state index in [4.69, 9.17) is 5.73 Å². The largest absolute Gasteiger partial charge is 0.399 e. The zero-order valence-electron chi connectivity index (χ0n) is 7.83. The molecule has 74 valence electrons. The first-order valence-electron chi connectivity index (χ1n) is 4.36. The van der Waals surface area contributed by atoms with Crippen LogP contribution in [0.2, 0.25) is 0 Å². The van der Waals surface area contributed by atoms with Gasteiger partial charge in [0.2, 0.25) is 0 Å². The van der Waals surface area contributed by atoms with E-state index in [0.717, 1.165) is 20.6 Å². The summed E-state index contributed by atoms with van der Waals surface area (Å²) in [5.74, 6) is 6.18. The van der Waals surface area contributed by atoms with Crippen molar-refractivity contribution in [2.45, 2.75) is 0 Å². The summed E-state index contributed by atoms with van der Waals surface area (Å²) < 4.78 is 1.05. The molecule has 2 aromatic rings. The minimum Gasteiger partial charge on any atom is -0.399 e. The van der Waals surface area contributed by atoms with Crippen molar-refractivity contribution in [1.82, 2.24) is 0 Å². The number of nitrogen functional groups attached to an aromatic ring is 1. The number of anilines is 1. The van der Waals surface area contributed by atoms with E-state index >= 15 is 0 Å². The smallest absolute Gasteiger partial charge is 0.0914 e. The van der Waals surface area contributed by atoms with Crippen LogP contribution in [0.3, 0.4) is 0 Å². The molecule has 3 heteroatoms. The second kappa shape index (κ2) is 4.52. The number of halogens is 1. The Balaban J connectivity index is 2.30. The standard InChI is InChI=1S/C12H8BrNS/c13-11-6-7-15-12(11)5-4-9-2-1-3-10(14)8-9/h1-3,6-8H,14H2. The molecule has 1 aromatic carbocycles. The first kappa shape index (κ1) is 10.3. The van der Waals surface area contributed by atoms with Gasteiger partial charge in [-0.05, 0) is 51.5 Å². The summed E-state index contributed by atoms with van der Waals surface area (Å²) in [5, 5.41) is 2.01. The van der Waals surface area contributed by atoms with Gasteiger partial charge < -0.3 is 5.73 Å². The van der Waals surface area contributed by atoms with Crippen molar-refractivity contribution < 1.29 is 0 Å². The number of benzene rings is 1. The Bertz CT molecular complexity index is 534. The summed E-state index contributed by atoms with van der Waals surface area (Å²) in [4.78, 5) is 1.04. The first-order valence-corrected chi connectivity index (χ1v) is 6.03. The van der Waals surface area contributed by atoms with Gasteiger partial charge in [0.05, 0.1) is 4.88 Å². The molecular formula is C12H8BrNS. The van der Waals surface area contributed by atoms with E-state index in [1.807, 2.05) is 35.7 Å². The van der Waals surface area contributed by atoms with E-state index in [1.54, 1.807) is 11.3 Å². The van der Waals surface area contributed by atoms with Gasteiger partial charge in [-0.15, -0.1) is 11.3 Å². The SMILES string of the molecule is Nc1cccc(C#Cc2sccc2Br)c1. The molecule has 1 heterocycles. The highest BCUT2D eigenvalue weighted by atomic mass is 79.9. The molecule has 0 spiro atoms. The molecule has 0 saturated carbocycles. The topological polar surface area (TPSA) is 26.0 Å². The highest BCUT2D eigenvalue weighted by molar-refractivity contribution is 9.10. The lowest BCUT2D eigenvalue weighted by Gasteiger charge is -1.92. The maximum Gasteiger partial charge on any atom is 0.0914 e. The lowest BCUT2D eigenvalue weighted by Crippen LogP contribution is -1.84. The van der Waals surface area contributed by atoms with Gasteiger partial charge >= 0.3 is 0 Å². The summed E-state index contributed by atoms with van der Waals surface area (Å²) in [6, 6.07) is 9.57. The third-order valence-corrected chi connectivity index (χ3v) is 3.58. The van der Waals surface area contributed by atoms with Crippen LogP contribution < -0.4 is 5.73 Å². The highest BCUT2D eigenvalue weighted by Crippen LogP contribution is 2.21. The van der Waals surface area contributed by atoms with Crippen molar-refractivity contribution in [3.63, 3.8) is 0 Å². The lowest BCUT2D eigenvalue weighted by atomic mass is 10.2. The maximum atomic E-state index is 5.66. The van der Waals surface area contributed by atoms with Crippen LogP contribution in [0.1, 0.15) is 10.4 Å². The Kier molecular flexibility index (Phi) is 3.10. The molecule has 0 aliphatic carbocycles. The van der Waals surface area contributed by atoms with E-state index < -0.39 is 0 Å². The molecule has 0 fully saturated rings. The third kappa shape index (κ3) is 2.62. The number of thiophene rings is 1. The summed E-state index contributed by atoms with van der Waals surface area (Å²) >= 11 is 5.06. The molecule has 0 unspecified atom stereocenters. The summed E-state index contributed by atoms with van der Waals surface area (Å²) in [6.45, 7) is 0. The van der Waals surface area contributed by atoms with Crippen LogP contribution in [-0.4, -0.2) is 0 Å². The molecule has 0 radical (unpaired) electrons. The zero-order chi connectivity index (χ0) is 10.7. The molecule has 0 aliphatic heterocycles. The molecular weight excluding hydrogens is 270 g/mol. The van der Waals surface area contributed by atoms with Crippen LogP contribution in [0.25, 0.3) is 0 Å². The normalized spacial score (nSPS) is 9.40. The fourth-order valence-electron chi connectivity index (χ4n) is 1.13. The van der Waals surface area contributed by atoms with E-state index in [9.17, 15) is 0 Å². The van der Waals surface area contributed by atoms with Gasteiger partial charge in [-0.2, -0.15) is 0 Å². The maximum absolute atomic E-state index is 5.66. The number of hydrogen-bond acceptors (Lipinski definition) is 2. The third-order valence-electron chi connectivity index (χ3n) is 1.82. The Morgan fingerprint density at radius 2 is 2.07 bits per heavy atom. The van der Waals surface area contributed by atoms with Gasteiger partial charge in [-0.3, -0.25) is 0 Å². The molecule has 0 aliphatic rings. The van der Waals surface area contributed by atoms with Crippen molar-refractivity contribution in [2.24, 2.45) is 0 Å². The van der Waals surface area contributed by atoms with Crippen LogP contribution in [-0.2, 0) is 0 Å². The fourth-order valence-corrected chi connectivity index (χ4v) is 2.45. The first-order chi connectivity index (χ1) is 7.25. The van der Waals surface area contributed by atoms with Crippen molar-refractivity contribution in [1.29, 1.82) is 0 Å². The second-order valence-corrected chi connectivity index (χ2v) is 4.74. The quantitative estimate of drug-likeness (QED) is 0.579. The molecule has 0 amide bonds. The molecule has 1 nitrogen and oxygen atoms in total. The molecule has 0 bridgehead atoms. The molecule has 1 aromatic heterocycles. The lowest BCUT2D eigenvalue weighted by molar-refractivity contribution is 1.63. The van der Waals surface area contributed by atoms with Crippen LogP contribution in [0, 0.1) is 11.8 Å². The molecule has 0 atom stereocenters. The van der Waals surface area contributed by atoms with E-state index in [1.165, 1.54) is 0 Å². The van der Waals surface area contributed by atoms with Crippen LogP contribution >= 0.6 is 27.3 Å². The Morgan fingerprint density at radius 1 is 1.20 bits per heavy atom. The summed E-state index contributed by atoms with van der Waals surface area (Å²) in [6.07, 6.45) is 0. The van der Waals surface area contributed by atoms with E-state index in [2.05, 4.69) is 27.8 Å². The molecule has 2 N–H and O–H groups in total. The zero-order valence-corrected chi connectivity index (χ0v) is 10.2.